The molecule has 0 spiro atoms. The second-order valence-corrected chi connectivity index (χ2v) is 16.4. The lowest BCUT2D eigenvalue weighted by Gasteiger charge is -2.21. The Morgan fingerprint density at radius 1 is 0.527 bits per heavy atom. The summed E-state index contributed by atoms with van der Waals surface area (Å²) in [5, 5.41) is 8.58. The van der Waals surface area contributed by atoms with Crippen molar-refractivity contribution in [3.05, 3.63) is 175 Å². The van der Waals surface area contributed by atoms with Crippen molar-refractivity contribution in [1.29, 1.82) is 0 Å². The summed E-state index contributed by atoms with van der Waals surface area (Å²) >= 11 is 1.77. The molecule has 3 heterocycles. The van der Waals surface area contributed by atoms with Crippen LogP contribution in [0.3, 0.4) is 0 Å². The van der Waals surface area contributed by atoms with Crippen molar-refractivity contribution in [2.45, 2.75) is 19.3 Å². The maximum Gasteiger partial charge on any atom is 0.235 e. The zero-order valence-electron chi connectivity index (χ0n) is 30.3. The van der Waals surface area contributed by atoms with E-state index in [4.69, 9.17) is 9.97 Å². The fourth-order valence-corrected chi connectivity index (χ4v) is 10.6. The van der Waals surface area contributed by atoms with Crippen LogP contribution < -0.4 is 0 Å². The summed E-state index contributed by atoms with van der Waals surface area (Å²) in [6, 6.07) is 59.7. The first-order valence-electron chi connectivity index (χ1n) is 18.9. The van der Waals surface area contributed by atoms with Gasteiger partial charge in [-0.1, -0.05) is 159 Å². The molecule has 0 radical (unpaired) electrons. The molecule has 1 aliphatic rings. The zero-order valence-corrected chi connectivity index (χ0v) is 31.2. The van der Waals surface area contributed by atoms with Gasteiger partial charge in [0, 0.05) is 37.4 Å². The lowest BCUT2D eigenvalue weighted by atomic mass is 9.82. The van der Waals surface area contributed by atoms with Gasteiger partial charge in [-0.25, -0.2) is 9.97 Å². The Kier molecular flexibility index (Phi) is 6.27. The number of thiophene rings is 1. The summed E-state index contributed by atoms with van der Waals surface area (Å²) in [5.74, 6) is 0.677. The van der Waals surface area contributed by atoms with Gasteiger partial charge in [0.1, 0.15) is 0 Å². The third kappa shape index (κ3) is 4.26. The maximum absolute atomic E-state index is 5.53. The van der Waals surface area contributed by atoms with E-state index in [1.807, 2.05) is 0 Å². The van der Waals surface area contributed by atoms with Gasteiger partial charge in [-0.3, -0.25) is 4.57 Å². The molecular formula is C51H33N3S. The van der Waals surface area contributed by atoms with Crippen LogP contribution in [-0.2, 0) is 5.41 Å². The van der Waals surface area contributed by atoms with E-state index in [1.54, 1.807) is 11.3 Å². The Labute approximate surface area is 321 Å². The average Bonchev–Trinajstić information content (AvgIpc) is 3.86. The molecule has 0 saturated heterocycles. The van der Waals surface area contributed by atoms with E-state index in [1.165, 1.54) is 64.8 Å². The molecule has 0 saturated carbocycles. The summed E-state index contributed by atoms with van der Waals surface area (Å²) < 4.78 is 4.66. The van der Waals surface area contributed by atoms with Gasteiger partial charge in [-0.05, 0) is 67.6 Å². The Bertz CT molecular complexity index is 3400. The quantitative estimate of drug-likeness (QED) is 0.182. The summed E-state index contributed by atoms with van der Waals surface area (Å²) in [4.78, 5) is 11.0. The van der Waals surface area contributed by atoms with Crippen LogP contribution in [0.5, 0.6) is 0 Å². The Morgan fingerprint density at radius 2 is 1.22 bits per heavy atom. The van der Waals surface area contributed by atoms with E-state index in [2.05, 4.69) is 182 Å². The zero-order chi connectivity index (χ0) is 36.4. The highest BCUT2D eigenvalue weighted by Gasteiger charge is 2.36. The van der Waals surface area contributed by atoms with E-state index in [9.17, 15) is 0 Å². The minimum absolute atomic E-state index is 0.104. The third-order valence-electron chi connectivity index (χ3n) is 12.0. The summed E-state index contributed by atoms with van der Waals surface area (Å²) in [6.07, 6.45) is 0. The molecule has 11 aromatic rings. The van der Waals surface area contributed by atoms with Crippen LogP contribution in [0.1, 0.15) is 25.0 Å². The molecule has 1 aliphatic carbocycles. The number of aromatic nitrogens is 3. The van der Waals surface area contributed by atoms with E-state index in [0.29, 0.717) is 5.95 Å². The number of hydrogen-bond donors (Lipinski definition) is 0. The van der Waals surface area contributed by atoms with Crippen LogP contribution in [0.15, 0.2) is 164 Å². The highest BCUT2D eigenvalue weighted by Crippen LogP contribution is 2.53. The van der Waals surface area contributed by atoms with Crippen molar-refractivity contribution in [2.75, 3.05) is 0 Å². The first-order valence-corrected chi connectivity index (χ1v) is 19.7. The summed E-state index contributed by atoms with van der Waals surface area (Å²) in [5.41, 5.74) is 12.9. The molecule has 3 aromatic heterocycles. The molecule has 0 fully saturated rings. The van der Waals surface area contributed by atoms with Crippen LogP contribution in [0.4, 0.5) is 0 Å². The number of fused-ring (bicyclic) bond motifs is 13. The lowest BCUT2D eigenvalue weighted by Crippen LogP contribution is -2.14. The van der Waals surface area contributed by atoms with E-state index < -0.39 is 0 Å². The van der Waals surface area contributed by atoms with E-state index >= 15 is 0 Å². The second-order valence-electron chi connectivity index (χ2n) is 15.3. The average molecular weight is 720 g/mol. The molecule has 55 heavy (non-hydrogen) atoms. The minimum Gasteiger partial charge on any atom is -0.277 e. The lowest BCUT2D eigenvalue weighted by molar-refractivity contribution is 0.661. The molecule has 3 nitrogen and oxygen atoms in total. The van der Waals surface area contributed by atoms with Gasteiger partial charge in [0.2, 0.25) is 5.95 Å². The van der Waals surface area contributed by atoms with Crippen molar-refractivity contribution in [2.24, 2.45) is 0 Å². The van der Waals surface area contributed by atoms with E-state index in [0.717, 1.165) is 43.5 Å². The molecule has 12 rings (SSSR count). The predicted octanol–water partition coefficient (Wildman–Crippen LogP) is 13.9. The first kappa shape index (κ1) is 30.8. The van der Waals surface area contributed by atoms with Crippen molar-refractivity contribution in [3.8, 4) is 39.5 Å². The van der Waals surface area contributed by atoms with Crippen molar-refractivity contribution in [3.63, 3.8) is 0 Å². The van der Waals surface area contributed by atoms with Crippen molar-refractivity contribution < 1.29 is 0 Å². The van der Waals surface area contributed by atoms with Crippen LogP contribution in [0.25, 0.3) is 103 Å². The highest BCUT2D eigenvalue weighted by molar-refractivity contribution is 7.26. The smallest absolute Gasteiger partial charge is 0.235 e. The largest absolute Gasteiger partial charge is 0.277 e. The van der Waals surface area contributed by atoms with E-state index in [-0.39, 0.29) is 5.41 Å². The fraction of sp³-hybridized carbons (Fsp3) is 0.0588. The Morgan fingerprint density at radius 3 is 2.07 bits per heavy atom. The summed E-state index contributed by atoms with van der Waals surface area (Å²) in [6.45, 7) is 4.73. The molecule has 258 valence electrons. The SMILES string of the molecule is CC1(C)c2ccc(-c3cccc4c5c6ccccc6ccc5n(-c5nc(-c6ccccc6)c6sc7ccccc7c6n5)c34)cc2-c2c1ccc1ccccc21. The fourth-order valence-electron chi connectivity index (χ4n) is 9.44. The number of hydrogen-bond acceptors (Lipinski definition) is 3. The third-order valence-corrected chi connectivity index (χ3v) is 13.2. The second kappa shape index (κ2) is 11.2. The Balaban J connectivity index is 1.21. The topological polar surface area (TPSA) is 30.7 Å². The standard InChI is InChI=1S/C51H33N3S/c1-51(2)40-26-24-33(29-39(40)44-34-17-8-6-13-30(34)23-27-41(44)51)36-20-12-21-38-45-35-18-9-7-14-31(35)25-28-42(45)54(48(36)38)50-52-46(32-15-4-3-5-16-32)49-47(53-50)37-19-10-11-22-43(37)55-49/h3-29H,1-2H3. The molecule has 0 amide bonds. The molecule has 0 bridgehead atoms. The van der Waals surface area contributed by atoms with Crippen molar-refractivity contribution >= 4 is 75.0 Å². The molecule has 0 unspecified atom stereocenters. The van der Waals surface area contributed by atoms with Gasteiger partial charge in [-0.2, -0.15) is 0 Å². The Hall–Kier alpha value is -6.62. The summed E-state index contributed by atoms with van der Waals surface area (Å²) in [7, 11) is 0. The van der Waals surface area contributed by atoms with Crippen molar-refractivity contribution in [1.82, 2.24) is 14.5 Å². The van der Waals surface area contributed by atoms with Gasteiger partial charge in [0.15, 0.2) is 0 Å². The normalized spacial score (nSPS) is 13.4. The van der Waals surface area contributed by atoms with Gasteiger partial charge < -0.3 is 0 Å². The number of benzene rings is 8. The molecule has 8 aromatic carbocycles. The maximum atomic E-state index is 5.53. The number of rotatable bonds is 3. The monoisotopic (exact) mass is 719 g/mol. The van der Waals surface area contributed by atoms with Gasteiger partial charge in [0.25, 0.3) is 0 Å². The van der Waals surface area contributed by atoms with Crippen LogP contribution in [0.2, 0.25) is 0 Å². The van der Waals surface area contributed by atoms with Gasteiger partial charge in [-0.15, -0.1) is 11.3 Å². The van der Waals surface area contributed by atoms with Gasteiger partial charge >= 0.3 is 0 Å². The first-order chi connectivity index (χ1) is 27.0. The molecular weight excluding hydrogens is 687 g/mol. The van der Waals surface area contributed by atoms with Crippen LogP contribution >= 0.6 is 11.3 Å². The van der Waals surface area contributed by atoms with Gasteiger partial charge in [0.05, 0.1) is 26.9 Å². The number of para-hydroxylation sites is 1. The molecule has 0 N–H and O–H groups in total. The van der Waals surface area contributed by atoms with Crippen LogP contribution in [0, 0.1) is 0 Å². The highest BCUT2D eigenvalue weighted by atomic mass is 32.1. The molecule has 0 aliphatic heterocycles. The van der Waals surface area contributed by atoms with Crippen LogP contribution in [-0.4, -0.2) is 14.5 Å². The minimum atomic E-state index is -0.104. The molecule has 0 atom stereocenters. The molecule has 4 heteroatoms. The number of nitrogens with zero attached hydrogens (tertiary/aromatic N) is 3. The predicted molar refractivity (Wildman–Crippen MR) is 233 cm³/mol.